The van der Waals surface area contributed by atoms with Crippen LogP contribution in [-0.2, 0) is 0 Å². The molecule has 0 aliphatic heterocycles. The Morgan fingerprint density at radius 2 is 0.744 bits per heavy atom. The number of para-hydroxylation sites is 1. The third-order valence-corrected chi connectivity index (χ3v) is 13.0. The van der Waals surface area contributed by atoms with E-state index in [1.807, 2.05) is 25.1 Å². The molecule has 12 rings (SSSR count). The zero-order valence-corrected chi connectivity index (χ0v) is 44.3. The first-order chi connectivity index (χ1) is 39.5. The summed E-state index contributed by atoms with van der Waals surface area (Å²) in [6.07, 6.45) is 4.22. The largest absolute Gasteiger partial charge is 0.438 e. The molecular weight excluding hydrogens is 1130 g/mol. The molecule has 0 aliphatic rings. The van der Waals surface area contributed by atoms with Crippen molar-refractivity contribution in [2.45, 2.75) is 6.92 Å². The lowest BCUT2D eigenvalue weighted by molar-refractivity contribution is 0.452. The lowest BCUT2D eigenvalue weighted by Gasteiger charge is -2.11. The normalized spacial score (nSPS) is 11.0. The molecule has 0 radical (unpaired) electrons. The maximum atomic E-state index is 14.2. The van der Waals surface area contributed by atoms with E-state index >= 15 is 0 Å². The summed E-state index contributed by atoms with van der Waals surface area (Å²) in [4.78, 5) is 37.0. The molecular formula is C61H35Cl3F6N6O6. The van der Waals surface area contributed by atoms with Gasteiger partial charge in [-0.05, 0) is 110 Å². The number of nitrogens with zero attached hydrogens (tertiary/aromatic N) is 6. The van der Waals surface area contributed by atoms with Crippen LogP contribution in [0.3, 0.4) is 0 Å². The second-order valence-electron chi connectivity index (χ2n) is 17.6. The van der Waals surface area contributed by atoms with E-state index < -0.39 is 56.8 Å². The molecule has 0 unspecified atom stereocenters. The van der Waals surface area contributed by atoms with Crippen molar-refractivity contribution >= 4 is 51.4 Å². The lowest BCUT2D eigenvalue weighted by Crippen LogP contribution is -2.11. The summed E-state index contributed by atoms with van der Waals surface area (Å²) in [5.74, 6) is -2.91. The van der Waals surface area contributed by atoms with Crippen molar-refractivity contribution in [3.8, 4) is 68.3 Å². The summed E-state index contributed by atoms with van der Waals surface area (Å²) in [5, 5.41) is 13.9. The van der Waals surface area contributed by atoms with Crippen LogP contribution in [0.25, 0.3) is 49.9 Å². The van der Waals surface area contributed by atoms with Crippen molar-refractivity contribution < 1.29 is 40.6 Å². The third-order valence-electron chi connectivity index (χ3n) is 12.1. The van der Waals surface area contributed by atoms with E-state index in [2.05, 4.69) is 15.3 Å². The summed E-state index contributed by atoms with van der Waals surface area (Å²) in [7, 11) is 0. The van der Waals surface area contributed by atoms with Crippen molar-refractivity contribution in [1.82, 2.24) is 28.8 Å². The van der Waals surface area contributed by atoms with Gasteiger partial charge in [-0.1, -0.05) is 77.3 Å². The number of hydrogen-bond acceptors (Lipinski definition) is 9. The fraction of sp³-hybridized carbons (Fsp3) is 0.0164. The Labute approximate surface area is 474 Å². The van der Waals surface area contributed by atoms with Gasteiger partial charge in [-0.15, -0.1) is 15.3 Å². The van der Waals surface area contributed by atoms with Crippen LogP contribution in [0.15, 0.2) is 209 Å². The molecule has 0 bridgehead atoms. The van der Waals surface area contributed by atoms with Crippen LogP contribution in [0, 0.1) is 41.8 Å². The van der Waals surface area contributed by atoms with Crippen LogP contribution in [0.5, 0.6) is 34.9 Å². The molecule has 12 aromatic rings. The Bertz CT molecular complexity index is 4580. The van der Waals surface area contributed by atoms with Crippen LogP contribution in [0.2, 0.25) is 15.1 Å². The standard InChI is InChI=1S/C21H14F2N2O2.C20H10Cl2F2N2O2.C20H11ClF2N2O2/c1-13-4-2-5-14(12-13)27-19-9-8-17-21(18(26)10-11-25(17)24-19)20-15(22)6-3-7-16(20)23;21-11-4-6-17(12(22)10-11)28-18-7-5-15-20(16(27)8-9-26(15)25-18)19-13(23)2-1-3-14(19)24;21-12-4-1-2-7-17(12)27-18-9-8-15-20(16(26)10-11-25(15)24-18)19-13(22)5-3-6-14(19)23/h2-12H,1H3;1-10H;1-11H. The molecule has 0 amide bonds. The molecule has 0 aliphatic carbocycles. The van der Waals surface area contributed by atoms with Gasteiger partial charge in [-0.25, -0.2) is 39.9 Å². The van der Waals surface area contributed by atoms with E-state index in [-0.39, 0.29) is 62.0 Å². The summed E-state index contributed by atoms with van der Waals surface area (Å²) in [5.41, 5.74) is -1.21. The molecule has 0 saturated carbocycles. The van der Waals surface area contributed by atoms with E-state index in [1.54, 1.807) is 54.6 Å². The number of rotatable bonds is 9. The lowest BCUT2D eigenvalue weighted by atomic mass is 10.0. The first-order valence-corrected chi connectivity index (χ1v) is 25.4. The SMILES string of the molecule is Cc1cccc(Oc2ccc3c(-c4c(F)cccc4F)c(=O)ccn3n2)c1.O=c1ccn2nc(Oc3ccc(Cl)cc3Cl)ccc2c1-c1c(F)cccc1F.O=c1ccn2nc(Oc3ccccc3Cl)ccc2c1-c1c(F)cccc1F. The minimum absolute atomic E-state index is 0.0808. The molecule has 0 N–H and O–H groups in total. The van der Waals surface area contributed by atoms with Crippen LogP contribution in [0.1, 0.15) is 5.56 Å². The van der Waals surface area contributed by atoms with E-state index in [4.69, 9.17) is 49.0 Å². The monoisotopic (exact) mass is 1170 g/mol. The van der Waals surface area contributed by atoms with Gasteiger partial charge < -0.3 is 14.2 Å². The van der Waals surface area contributed by atoms with Gasteiger partial charge in [0.25, 0.3) is 0 Å². The number of aromatic nitrogens is 6. The number of ether oxygens (including phenoxy) is 3. The van der Waals surface area contributed by atoms with Crippen molar-refractivity contribution in [1.29, 1.82) is 0 Å². The highest BCUT2D eigenvalue weighted by molar-refractivity contribution is 6.35. The number of benzene rings is 6. The first kappa shape index (κ1) is 55.6. The van der Waals surface area contributed by atoms with E-state index in [0.29, 0.717) is 32.3 Å². The quantitative estimate of drug-likeness (QED) is 0.130. The molecule has 6 aromatic heterocycles. The Kier molecular flexibility index (Phi) is 16.2. The Morgan fingerprint density at radius 3 is 1.13 bits per heavy atom. The van der Waals surface area contributed by atoms with Gasteiger partial charge in [0.1, 0.15) is 52.2 Å². The number of pyridine rings is 3. The highest BCUT2D eigenvalue weighted by atomic mass is 35.5. The van der Waals surface area contributed by atoms with Crippen molar-refractivity contribution in [3.05, 3.63) is 281 Å². The van der Waals surface area contributed by atoms with E-state index in [9.17, 15) is 40.7 Å². The number of aryl methyl sites for hydroxylation is 1. The fourth-order valence-corrected chi connectivity index (χ4v) is 9.10. The molecule has 0 saturated heterocycles. The molecule has 0 fully saturated rings. The maximum Gasteiger partial charge on any atom is 0.237 e. The Hall–Kier alpha value is -9.75. The van der Waals surface area contributed by atoms with Crippen LogP contribution < -0.4 is 30.5 Å². The zero-order chi connectivity index (χ0) is 57.8. The van der Waals surface area contributed by atoms with Crippen LogP contribution in [-0.4, -0.2) is 28.8 Å². The van der Waals surface area contributed by atoms with Gasteiger partial charge in [0, 0.05) is 60.0 Å². The van der Waals surface area contributed by atoms with Gasteiger partial charge in [0.2, 0.25) is 17.6 Å². The Balaban J connectivity index is 0.000000138. The first-order valence-electron chi connectivity index (χ1n) is 24.2. The van der Waals surface area contributed by atoms with Crippen LogP contribution in [0.4, 0.5) is 26.3 Å². The second kappa shape index (κ2) is 23.9. The summed E-state index contributed by atoms with van der Waals surface area (Å²) in [6, 6.07) is 42.1. The fourth-order valence-electron chi connectivity index (χ4n) is 8.48. The van der Waals surface area contributed by atoms with Gasteiger partial charge >= 0.3 is 0 Å². The number of hydrogen-bond donors (Lipinski definition) is 0. The predicted octanol–water partition coefficient (Wildman–Crippen LogP) is 15.6. The van der Waals surface area contributed by atoms with Gasteiger partial charge in [-0.2, -0.15) is 0 Å². The van der Waals surface area contributed by atoms with Crippen molar-refractivity contribution in [2.24, 2.45) is 0 Å². The second-order valence-corrected chi connectivity index (χ2v) is 18.8. The van der Waals surface area contributed by atoms with E-state index in [1.165, 1.54) is 98.9 Å². The molecule has 0 spiro atoms. The summed E-state index contributed by atoms with van der Waals surface area (Å²) in [6.45, 7) is 1.94. The molecule has 6 heterocycles. The maximum absolute atomic E-state index is 14.2. The number of halogens is 9. The minimum atomic E-state index is -0.835. The summed E-state index contributed by atoms with van der Waals surface area (Å²) >= 11 is 18.0. The minimum Gasteiger partial charge on any atom is -0.438 e. The average molecular weight is 1170 g/mol. The summed E-state index contributed by atoms with van der Waals surface area (Å²) < 4.78 is 106. The van der Waals surface area contributed by atoms with E-state index in [0.717, 1.165) is 42.0 Å². The predicted molar refractivity (Wildman–Crippen MR) is 300 cm³/mol. The smallest absolute Gasteiger partial charge is 0.237 e. The van der Waals surface area contributed by atoms with Gasteiger partial charge in [-0.3, -0.25) is 14.4 Å². The van der Waals surface area contributed by atoms with Crippen molar-refractivity contribution in [3.63, 3.8) is 0 Å². The average Bonchev–Trinajstić information content (AvgIpc) is 3.48. The van der Waals surface area contributed by atoms with Gasteiger partial charge in [0.15, 0.2) is 16.3 Å². The van der Waals surface area contributed by atoms with Crippen molar-refractivity contribution in [2.75, 3.05) is 0 Å². The molecule has 12 nitrogen and oxygen atoms in total. The highest BCUT2D eigenvalue weighted by Gasteiger charge is 2.21. The van der Waals surface area contributed by atoms with Crippen LogP contribution >= 0.6 is 34.8 Å². The molecule has 6 aromatic carbocycles. The van der Waals surface area contributed by atoms with Gasteiger partial charge in [0.05, 0.1) is 60.0 Å². The molecule has 21 heteroatoms. The zero-order valence-electron chi connectivity index (χ0n) is 42.0. The Morgan fingerprint density at radius 1 is 0.366 bits per heavy atom. The highest BCUT2D eigenvalue weighted by Crippen LogP contribution is 2.34. The number of fused-ring (bicyclic) bond motifs is 3. The molecule has 408 valence electrons. The molecule has 82 heavy (non-hydrogen) atoms. The topological polar surface area (TPSA) is 131 Å². The molecule has 0 atom stereocenters. The third kappa shape index (κ3) is 11.9.